The van der Waals surface area contributed by atoms with Crippen LogP contribution in [0.4, 0.5) is 5.13 Å². The molecule has 0 unspecified atom stereocenters. The summed E-state index contributed by atoms with van der Waals surface area (Å²) in [6.45, 7) is 3.80. The van der Waals surface area contributed by atoms with Crippen molar-refractivity contribution in [1.82, 2.24) is 4.98 Å². The number of rotatable bonds is 2. The SMILES string of the molecule is Cc1ccc2oc3c(c(=O)c2c1)[C@H](c1ccc(Br)cc1)N(c1nc(C)cs1)C3=O. The first-order chi connectivity index (χ1) is 13.9. The first kappa shape index (κ1) is 18.3. The zero-order valence-electron chi connectivity index (χ0n) is 15.6. The summed E-state index contributed by atoms with van der Waals surface area (Å²) < 4.78 is 6.88. The van der Waals surface area contributed by atoms with Gasteiger partial charge in [-0.2, -0.15) is 0 Å². The van der Waals surface area contributed by atoms with Gasteiger partial charge in [0.05, 0.1) is 22.7 Å². The Morgan fingerprint density at radius 2 is 1.86 bits per heavy atom. The Balaban J connectivity index is 1.83. The molecule has 0 N–H and O–H groups in total. The van der Waals surface area contributed by atoms with Crippen LogP contribution >= 0.6 is 27.3 Å². The summed E-state index contributed by atoms with van der Waals surface area (Å²) in [6.07, 6.45) is 0. The van der Waals surface area contributed by atoms with Crippen LogP contribution in [0, 0.1) is 13.8 Å². The number of thiazole rings is 1. The van der Waals surface area contributed by atoms with Gasteiger partial charge in [-0.25, -0.2) is 4.98 Å². The van der Waals surface area contributed by atoms with Crippen molar-refractivity contribution in [3.05, 3.63) is 90.7 Å². The first-order valence-electron chi connectivity index (χ1n) is 9.02. The fourth-order valence-corrected chi connectivity index (χ4v) is 4.79. The molecule has 0 saturated heterocycles. The Labute approximate surface area is 178 Å². The number of amides is 1. The van der Waals surface area contributed by atoms with E-state index in [1.807, 2.05) is 49.6 Å². The lowest BCUT2D eigenvalue weighted by Gasteiger charge is -2.22. The highest BCUT2D eigenvalue weighted by Crippen LogP contribution is 2.42. The second-order valence-corrected chi connectivity index (χ2v) is 8.83. The molecule has 7 heteroatoms. The summed E-state index contributed by atoms with van der Waals surface area (Å²) in [7, 11) is 0. The highest BCUT2D eigenvalue weighted by molar-refractivity contribution is 9.10. The van der Waals surface area contributed by atoms with Crippen molar-refractivity contribution in [3.8, 4) is 0 Å². The Morgan fingerprint density at radius 3 is 2.55 bits per heavy atom. The summed E-state index contributed by atoms with van der Waals surface area (Å²) in [5.41, 5.74) is 3.21. The zero-order valence-corrected chi connectivity index (χ0v) is 18.0. The molecule has 0 saturated carbocycles. The minimum Gasteiger partial charge on any atom is -0.450 e. The topological polar surface area (TPSA) is 63.4 Å². The number of halogens is 1. The van der Waals surface area contributed by atoms with E-state index in [1.54, 1.807) is 17.0 Å². The molecule has 0 spiro atoms. The second kappa shape index (κ2) is 6.64. The summed E-state index contributed by atoms with van der Waals surface area (Å²) in [4.78, 5) is 32.9. The molecule has 0 radical (unpaired) electrons. The predicted molar refractivity (Wildman–Crippen MR) is 117 cm³/mol. The van der Waals surface area contributed by atoms with E-state index in [2.05, 4.69) is 20.9 Å². The largest absolute Gasteiger partial charge is 0.450 e. The normalized spacial score (nSPS) is 15.9. The molecule has 144 valence electrons. The van der Waals surface area contributed by atoms with E-state index < -0.39 is 6.04 Å². The molecule has 29 heavy (non-hydrogen) atoms. The van der Waals surface area contributed by atoms with Gasteiger partial charge >= 0.3 is 0 Å². The third-order valence-electron chi connectivity index (χ3n) is 5.02. The van der Waals surface area contributed by atoms with Gasteiger partial charge in [0.1, 0.15) is 5.58 Å². The van der Waals surface area contributed by atoms with Gasteiger partial charge in [-0.05, 0) is 43.7 Å². The smallest absolute Gasteiger partial charge is 0.297 e. The highest BCUT2D eigenvalue weighted by atomic mass is 79.9. The van der Waals surface area contributed by atoms with Crippen LogP contribution in [-0.4, -0.2) is 10.9 Å². The zero-order chi connectivity index (χ0) is 20.3. The fraction of sp³-hybridized carbons (Fsp3) is 0.136. The van der Waals surface area contributed by atoms with E-state index in [0.717, 1.165) is 21.3 Å². The summed E-state index contributed by atoms with van der Waals surface area (Å²) >= 11 is 4.82. The molecule has 1 aliphatic heterocycles. The maximum atomic E-state index is 13.5. The second-order valence-electron chi connectivity index (χ2n) is 7.07. The molecular formula is C22H15BrN2O3S. The molecule has 5 rings (SSSR count). The number of benzene rings is 2. The van der Waals surface area contributed by atoms with Gasteiger partial charge in [0.15, 0.2) is 10.6 Å². The minimum atomic E-state index is -0.586. The molecule has 3 heterocycles. The van der Waals surface area contributed by atoms with Crippen LogP contribution in [0.15, 0.2) is 61.5 Å². The predicted octanol–water partition coefficient (Wildman–Crippen LogP) is 5.38. The number of aryl methyl sites for hydroxylation is 2. The summed E-state index contributed by atoms with van der Waals surface area (Å²) in [5, 5.41) is 2.92. The van der Waals surface area contributed by atoms with Gasteiger partial charge in [-0.1, -0.05) is 39.7 Å². The van der Waals surface area contributed by atoms with Crippen LogP contribution in [0.1, 0.15) is 39.0 Å². The van der Waals surface area contributed by atoms with E-state index in [4.69, 9.17) is 4.42 Å². The summed E-state index contributed by atoms with van der Waals surface area (Å²) in [6, 6.07) is 12.4. The van der Waals surface area contributed by atoms with Crippen molar-refractivity contribution >= 4 is 49.3 Å². The number of hydrogen-bond donors (Lipinski definition) is 0. The lowest BCUT2D eigenvalue weighted by Crippen LogP contribution is -2.29. The number of anilines is 1. The Bertz CT molecular complexity index is 1340. The number of hydrogen-bond acceptors (Lipinski definition) is 5. The van der Waals surface area contributed by atoms with E-state index in [9.17, 15) is 9.59 Å². The lowest BCUT2D eigenvalue weighted by molar-refractivity contribution is 0.0971. The van der Waals surface area contributed by atoms with Crippen LogP contribution in [-0.2, 0) is 0 Å². The van der Waals surface area contributed by atoms with Crippen LogP contribution in [0.3, 0.4) is 0 Å². The highest BCUT2D eigenvalue weighted by Gasteiger charge is 2.44. The molecule has 0 bridgehead atoms. The van der Waals surface area contributed by atoms with Gasteiger partial charge in [-0.3, -0.25) is 14.5 Å². The Hall–Kier alpha value is -2.77. The fourth-order valence-electron chi connectivity index (χ4n) is 3.70. The molecule has 5 nitrogen and oxygen atoms in total. The van der Waals surface area contributed by atoms with E-state index in [-0.39, 0.29) is 17.1 Å². The van der Waals surface area contributed by atoms with Gasteiger partial charge in [0, 0.05) is 9.85 Å². The molecule has 2 aromatic heterocycles. The minimum absolute atomic E-state index is 0.0899. The molecule has 1 amide bonds. The monoisotopic (exact) mass is 466 g/mol. The number of aromatic nitrogens is 1. The maximum absolute atomic E-state index is 13.5. The number of nitrogens with zero attached hydrogens (tertiary/aromatic N) is 2. The number of carbonyl (C=O) groups excluding carboxylic acids is 1. The molecule has 0 fully saturated rings. The van der Waals surface area contributed by atoms with Crippen LogP contribution in [0.2, 0.25) is 0 Å². The quantitative estimate of drug-likeness (QED) is 0.397. The van der Waals surface area contributed by atoms with Crippen molar-refractivity contribution in [2.45, 2.75) is 19.9 Å². The van der Waals surface area contributed by atoms with Crippen molar-refractivity contribution in [1.29, 1.82) is 0 Å². The molecule has 0 aliphatic carbocycles. The van der Waals surface area contributed by atoms with Crippen LogP contribution in [0.5, 0.6) is 0 Å². The Kier molecular flexibility index (Phi) is 4.18. The molecule has 1 aliphatic rings. The molecule has 4 aromatic rings. The maximum Gasteiger partial charge on any atom is 0.297 e. The molecule has 2 aromatic carbocycles. The lowest BCUT2D eigenvalue weighted by atomic mass is 9.98. The average molecular weight is 467 g/mol. The first-order valence-corrected chi connectivity index (χ1v) is 10.7. The van der Waals surface area contributed by atoms with Gasteiger partial charge in [0.2, 0.25) is 5.76 Å². The third kappa shape index (κ3) is 2.84. The summed E-state index contributed by atoms with van der Waals surface area (Å²) in [5.74, 6) is -0.256. The van der Waals surface area contributed by atoms with Crippen LogP contribution < -0.4 is 10.3 Å². The van der Waals surface area contributed by atoms with E-state index in [1.165, 1.54) is 11.3 Å². The van der Waals surface area contributed by atoms with Crippen LogP contribution in [0.25, 0.3) is 11.0 Å². The van der Waals surface area contributed by atoms with Crippen molar-refractivity contribution < 1.29 is 9.21 Å². The molecule has 1 atom stereocenters. The average Bonchev–Trinajstić information content (AvgIpc) is 3.25. The third-order valence-corrected chi connectivity index (χ3v) is 6.51. The van der Waals surface area contributed by atoms with E-state index >= 15 is 0 Å². The van der Waals surface area contributed by atoms with Crippen molar-refractivity contribution in [3.63, 3.8) is 0 Å². The van der Waals surface area contributed by atoms with E-state index in [0.29, 0.717) is 21.7 Å². The standard InChI is InChI=1S/C22H15BrN2O3S/c1-11-3-8-16-15(9-11)19(26)17-18(13-4-6-14(23)7-5-13)25(21(27)20(17)28-16)22-24-12(2)10-29-22/h3-10,18H,1-2H3/t18-/m0/s1. The number of fused-ring (bicyclic) bond motifs is 2. The van der Waals surface area contributed by atoms with Crippen molar-refractivity contribution in [2.24, 2.45) is 0 Å². The number of carbonyl (C=O) groups is 1. The van der Waals surface area contributed by atoms with Gasteiger partial charge in [0.25, 0.3) is 5.91 Å². The van der Waals surface area contributed by atoms with Crippen molar-refractivity contribution in [2.75, 3.05) is 4.90 Å². The van der Waals surface area contributed by atoms with Gasteiger partial charge < -0.3 is 4.42 Å². The van der Waals surface area contributed by atoms with Gasteiger partial charge in [-0.15, -0.1) is 11.3 Å². The Morgan fingerprint density at radius 1 is 1.10 bits per heavy atom. The molecular weight excluding hydrogens is 452 g/mol.